The van der Waals surface area contributed by atoms with Gasteiger partial charge in [-0.3, -0.25) is 19.3 Å². The molecule has 2 fully saturated rings. The number of nitrogens with one attached hydrogen (secondary N) is 1. The van der Waals surface area contributed by atoms with Gasteiger partial charge in [0.15, 0.2) is 0 Å². The van der Waals surface area contributed by atoms with Crippen LogP contribution in [0.15, 0.2) is 24.5 Å². The van der Waals surface area contributed by atoms with Gasteiger partial charge in [-0.25, -0.2) is 4.68 Å². The molecule has 2 aliphatic carbocycles. The molecule has 0 aromatic carbocycles. The zero-order chi connectivity index (χ0) is 35.1. The van der Waals surface area contributed by atoms with Crippen LogP contribution in [0.1, 0.15) is 111 Å². The Morgan fingerprint density at radius 2 is 1.63 bits per heavy atom. The van der Waals surface area contributed by atoms with E-state index in [-0.39, 0.29) is 11.8 Å². The molecule has 11 heteroatoms. The molecule has 3 heterocycles. The summed E-state index contributed by atoms with van der Waals surface area (Å²) in [4.78, 5) is 32.4. The summed E-state index contributed by atoms with van der Waals surface area (Å²) in [5, 5.41) is 12.6. The average molecular weight is 690 g/mol. The maximum Gasteiger partial charge on any atom is 0.267 e. The van der Waals surface area contributed by atoms with Gasteiger partial charge in [-0.15, -0.1) is 0 Å². The third-order valence-electron chi connectivity index (χ3n) is 10.9. The van der Waals surface area contributed by atoms with E-state index in [1.807, 2.05) is 30.7 Å². The number of ether oxygens (including phenoxy) is 1. The van der Waals surface area contributed by atoms with E-state index in [0.717, 1.165) is 67.4 Å². The van der Waals surface area contributed by atoms with Crippen LogP contribution in [0.25, 0.3) is 11.3 Å². The molecule has 0 bridgehead atoms. The molecule has 5 rings (SSSR count). The maximum atomic E-state index is 14.7. The van der Waals surface area contributed by atoms with Crippen molar-refractivity contribution >= 4 is 25.6 Å². The van der Waals surface area contributed by atoms with Gasteiger partial charge < -0.3 is 15.8 Å². The lowest BCUT2D eigenvalue weighted by atomic mass is 9.63. The summed E-state index contributed by atoms with van der Waals surface area (Å²) < 4.78 is 9.64. The van der Waals surface area contributed by atoms with Crippen molar-refractivity contribution in [2.75, 3.05) is 11.9 Å². The average Bonchev–Trinajstić information content (AvgIpc) is 3.66. The summed E-state index contributed by atoms with van der Waals surface area (Å²) in [5.74, 6) is -0.206. The van der Waals surface area contributed by atoms with Crippen molar-refractivity contribution < 1.29 is 14.3 Å². The summed E-state index contributed by atoms with van der Waals surface area (Å²) in [6, 6.07) is 5.01. The van der Waals surface area contributed by atoms with Gasteiger partial charge in [-0.1, -0.05) is 90.8 Å². The van der Waals surface area contributed by atoms with E-state index in [4.69, 9.17) is 20.6 Å². The Hall–Kier alpha value is -3.31. The highest BCUT2D eigenvalue weighted by Crippen LogP contribution is 2.48. The number of aromatic nitrogens is 5. The van der Waals surface area contributed by atoms with Crippen molar-refractivity contribution in [1.82, 2.24) is 24.5 Å². The van der Waals surface area contributed by atoms with Crippen molar-refractivity contribution in [3.63, 3.8) is 0 Å². The predicted molar refractivity (Wildman–Crippen MR) is 198 cm³/mol. The van der Waals surface area contributed by atoms with Crippen molar-refractivity contribution in [3.05, 3.63) is 47.2 Å². The number of pyridine rings is 1. The topological polar surface area (TPSA) is 130 Å². The van der Waals surface area contributed by atoms with Gasteiger partial charge in [-0.05, 0) is 56.2 Å². The van der Waals surface area contributed by atoms with Crippen LogP contribution >= 0.6 is 0 Å². The van der Waals surface area contributed by atoms with Crippen molar-refractivity contribution in [3.8, 4) is 11.3 Å². The molecule has 1 atom stereocenters. The van der Waals surface area contributed by atoms with Gasteiger partial charge in [0.2, 0.25) is 5.91 Å². The van der Waals surface area contributed by atoms with Crippen LogP contribution in [0.4, 0.5) is 5.69 Å². The first-order chi connectivity index (χ1) is 23.5. The van der Waals surface area contributed by atoms with E-state index in [1.54, 1.807) is 17.1 Å². The fraction of sp³-hybridized carbons (Fsp3) is 0.658. The Morgan fingerprint density at radius 3 is 2.16 bits per heavy atom. The second-order valence-corrected chi connectivity index (χ2v) is 21.1. The first-order valence-electron chi connectivity index (χ1n) is 18.8. The maximum absolute atomic E-state index is 14.7. The Balaban J connectivity index is 1.43. The van der Waals surface area contributed by atoms with Crippen LogP contribution in [0.5, 0.6) is 0 Å². The molecule has 1 unspecified atom stereocenters. The van der Waals surface area contributed by atoms with Gasteiger partial charge in [0.05, 0.1) is 41.1 Å². The number of nitrogens with zero attached hydrogens (tertiary/aromatic N) is 5. The first kappa shape index (κ1) is 37.0. The Morgan fingerprint density at radius 1 is 0.980 bits per heavy atom. The molecular formula is C38H59N7O3Si. The van der Waals surface area contributed by atoms with Gasteiger partial charge in [-0.2, -0.15) is 10.2 Å². The second kappa shape index (κ2) is 16.6. The zero-order valence-corrected chi connectivity index (χ0v) is 31.8. The third kappa shape index (κ3) is 8.89. The van der Waals surface area contributed by atoms with Crippen LogP contribution < -0.4 is 11.1 Å². The van der Waals surface area contributed by atoms with Gasteiger partial charge in [0.25, 0.3) is 5.91 Å². The fourth-order valence-corrected chi connectivity index (χ4v) is 9.18. The van der Waals surface area contributed by atoms with E-state index in [2.05, 4.69) is 37.0 Å². The summed E-state index contributed by atoms with van der Waals surface area (Å²) in [6.45, 7) is 14.8. The minimum absolute atomic E-state index is 0.109. The summed E-state index contributed by atoms with van der Waals surface area (Å²) >= 11 is 0. The number of hydrogen-bond acceptors (Lipinski definition) is 6. The molecule has 0 radical (unpaired) electrons. The molecule has 10 nitrogen and oxygen atoms in total. The number of nitrogens with two attached hydrogens (primary N) is 1. The molecule has 268 valence electrons. The van der Waals surface area contributed by atoms with Crippen molar-refractivity contribution in [2.24, 2.45) is 23.5 Å². The van der Waals surface area contributed by atoms with E-state index in [1.165, 1.54) is 38.5 Å². The molecule has 0 aliphatic heterocycles. The minimum atomic E-state index is -1.17. The van der Waals surface area contributed by atoms with Crippen LogP contribution in [0.3, 0.4) is 0 Å². The minimum Gasteiger partial charge on any atom is -0.364 e. The molecule has 3 N–H and O–H groups in total. The van der Waals surface area contributed by atoms with E-state index in [0.29, 0.717) is 42.1 Å². The summed E-state index contributed by atoms with van der Waals surface area (Å²) in [7, 11) is -1.17. The SMILES string of the molecule is CCc1c(-c2ccc(NC(=O)C(c3cnn(CC)c3C(N)=O)C(C3CCCCC3)C3CCCCC3)cn2)c(C)nn1COCC[Si](C)(C)C. The number of hydrogen-bond donors (Lipinski definition) is 2. The zero-order valence-electron chi connectivity index (χ0n) is 30.8. The number of rotatable bonds is 15. The number of amides is 2. The van der Waals surface area contributed by atoms with Crippen molar-refractivity contribution in [2.45, 2.75) is 136 Å². The molecule has 3 aromatic heterocycles. The highest BCUT2D eigenvalue weighted by molar-refractivity contribution is 6.76. The first-order valence-corrected chi connectivity index (χ1v) is 22.5. The normalized spacial score (nSPS) is 17.0. The van der Waals surface area contributed by atoms with Crippen molar-refractivity contribution in [1.29, 1.82) is 0 Å². The number of carbonyl (C=O) groups excluding carboxylic acids is 2. The standard InChI is InChI=1S/C38H59N7O3Si/c1-7-32-33(26(3)43-45(32)25-48-21-22-49(4,5)6)31-20-19-29(23-40-31)42-38(47)35(30-24-41-44(8-2)36(30)37(39)46)34(27-15-11-9-12-16-27)28-17-13-10-14-18-28/h19-20,23-24,27-28,34-35H,7-18,21-22,25H2,1-6H3,(H2,39,46)(H,42,47). The van der Waals surface area contributed by atoms with E-state index < -0.39 is 19.9 Å². The van der Waals surface area contributed by atoms with Gasteiger partial charge >= 0.3 is 0 Å². The lowest BCUT2D eigenvalue weighted by Gasteiger charge is -2.42. The van der Waals surface area contributed by atoms with Crippen LogP contribution in [0.2, 0.25) is 25.7 Å². The van der Waals surface area contributed by atoms with E-state index in [9.17, 15) is 9.59 Å². The molecule has 49 heavy (non-hydrogen) atoms. The monoisotopic (exact) mass is 689 g/mol. The van der Waals surface area contributed by atoms with Crippen LogP contribution in [-0.2, 0) is 29.2 Å². The largest absolute Gasteiger partial charge is 0.364 e. The van der Waals surface area contributed by atoms with Crippen LogP contribution in [-0.4, -0.2) is 51.0 Å². The lowest BCUT2D eigenvalue weighted by molar-refractivity contribution is -0.120. The highest BCUT2D eigenvalue weighted by Gasteiger charge is 2.43. The second-order valence-electron chi connectivity index (χ2n) is 15.5. The quantitative estimate of drug-likeness (QED) is 0.123. The molecule has 2 saturated carbocycles. The molecule has 0 spiro atoms. The lowest BCUT2D eigenvalue weighted by Crippen LogP contribution is -2.39. The number of aryl methyl sites for hydroxylation is 2. The number of primary amides is 1. The predicted octanol–water partition coefficient (Wildman–Crippen LogP) is 7.94. The Labute approximate surface area is 294 Å². The summed E-state index contributed by atoms with van der Waals surface area (Å²) in [6.07, 6.45) is 16.0. The smallest absolute Gasteiger partial charge is 0.267 e. The number of anilines is 1. The molecule has 3 aromatic rings. The fourth-order valence-electron chi connectivity index (χ4n) is 8.42. The summed E-state index contributed by atoms with van der Waals surface area (Å²) in [5.41, 5.74) is 11.5. The van der Waals surface area contributed by atoms with Gasteiger partial charge in [0, 0.05) is 32.4 Å². The molecule has 2 amide bonds. The highest BCUT2D eigenvalue weighted by atomic mass is 28.3. The Bertz CT molecular complexity index is 1530. The Kier molecular flexibility index (Phi) is 12.5. The molecular weight excluding hydrogens is 631 g/mol. The third-order valence-corrected chi connectivity index (χ3v) is 12.6. The van der Waals surface area contributed by atoms with Gasteiger partial charge in [0.1, 0.15) is 12.4 Å². The van der Waals surface area contributed by atoms with Crippen LogP contribution in [0, 0.1) is 24.7 Å². The number of carbonyl (C=O) groups is 2. The molecule has 2 aliphatic rings. The van der Waals surface area contributed by atoms with E-state index >= 15 is 0 Å². The molecule has 0 saturated heterocycles.